The average molecular weight is 374 g/mol. The number of carbonyl (C=O) groups excluding carboxylic acids is 2. The van der Waals surface area contributed by atoms with Gasteiger partial charge in [0, 0.05) is 20.0 Å². The minimum Gasteiger partial charge on any atom is -0.351 e. The average Bonchev–Trinajstić information content (AvgIpc) is 3.10. The summed E-state index contributed by atoms with van der Waals surface area (Å²) in [5, 5.41) is 2.91. The van der Waals surface area contributed by atoms with Crippen LogP contribution in [0, 0.1) is 5.92 Å². The van der Waals surface area contributed by atoms with Gasteiger partial charge in [0.25, 0.3) is 0 Å². The number of rotatable bonds is 5. The maximum absolute atomic E-state index is 13.2. The van der Waals surface area contributed by atoms with Crippen molar-refractivity contribution >= 4 is 17.6 Å². The van der Waals surface area contributed by atoms with Crippen LogP contribution in [0.15, 0.2) is 67.0 Å². The van der Waals surface area contributed by atoms with Gasteiger partial charge in [0.2, 0.25) is 11.8 Å². The Hall–Kier alpha value is -3.41. The predicted octanol–water partition coefficient (Wildman–Crippen LogP) is 2.44. The fourth-order valence-electron chi connectivity index (χ4n) is 3.51. The molecule has 1 aliphatic heterocycles. The monoisotopic (exact) mass is 374 g/mol. The molecule has 1 aromatic heterocycles. The van der Waals surface area contributed by atoms with Crippen molar-refractivity contribution < 1.29 is 9.59 Å². The van der Waals surface area contributed by atoms with E-state index in [1.807, 2.05) is 72.3 Å². The van der Waals surface area contributed by atoms with Gasteiger partial charge >= 0.3 is 0 Å². The molecule has 0 spiro atoms. The summed E-state index contributed by atoms with van der Waals surface area (Å²) < 4.78 is 1.89. The Balaban J connectivity index is 1.56. The molecule has 2 aromatic carbocycles. The number of hydrogen-bond acceptors (Lipinski definition) is 3. The minimum atomic E-state index is -0.754. The van der Waals surface area contributed by atoms with Crippen molar-refractivity contribution in [2.45, 2.75) is 19.5 Å². The number of anilines is 1. The van der Waals surface area contributed by atoms with Crippen LogP contribution in [0.4, 0.5) is 5.82 Å². The van der Waals surface area contributed by atoms with Gasteiger partial charge in [-0.15, -0.1) is 0 Å². The summed E-state index contributed by atoms with van der Waals surface area (Å²) in [5.74, 6) is -0.571. The second-order valence-corrected chi connectivity index (χ2v) is 7.00. The number of aromatic nitrogens is 2. The minimum absolute atomic E-state index is 0.208. The Labute approximate surface area is 163 Å². The van der Waals surface area contributed by atoms with Crippen molar-refractivity contribution in [1.82, 2.24) is 14.9 Å². The van der Waals surface area contributed by atoms with E-state index in [1.165, 1.54) is 0 Å². The zero-order valence-corrected chi connectivity index (χ0v) is 15.7. The van der Waals surface area contributed by atoms with Crippen molar-refractivity contribution in [2.24, 2.45) is 13.0 Å². The third kappa shape index (κ3) is 3.53. The zero-order valence-electron chi connectivity index (χ0n) is 15.7. The second kappa shape index (κ2) is 7.68. The highest BCUT2D eigenvalue weighted by atomic mass is 16.2. The van der Waals surface area contributed by atoms with Gasteiger partial charge in [-0.3, -0.25) is 14.5 Å². The number of benzene rings is 2. The van der Waals surface area contributed by atoms with Crippen LogP contribution in [0.5, 0.6) is 0 Å². The SMILES string of the molecule is Cn1cnc2c1C[C@@H](C(=O)NCc1ccccc1)C(=O)N2Cc1ccccc1. The summed E-state index contributed by atoms with van der Waals surface area (Å²) in [6.07, 6.45) is 2.05. The molecule has 2 amide bonds. The molecule has 0 aliphatic carbocycles. The summed E-state index contributed by atoms with van der Waals surface area (Å²) in [7, 11) is 1.89. The van der Waals surface area contributed by atoms with Crippen LogP contribution in [0.25, 0.3) is 0 Å². The molecule has 1 aliphatic rings. The number of amides is 2. The Morgan fingerprint density at radius 2 is 1.71 bits per heavy atom. The van der Waals surface area contributed by atoms with E-state index in [4.69, 9.17) is 0 Å². The van der Waals surface area contributed by atoms with Crippen LogP contribution in [-0.4, -0.2) is 21.4 Å². The molecule has 6 nitrogen and oxygen atoms in total. The molecule has 3 aromatic rings. The van der Waals surface area contributed by atoms with Gasteiger partial charge in [0.05, 0.1) is 18.6 Å². The van der Waals surface area contributed by atoms with E-state index in [1.54, 1.807) is 11.2 Å². The predicted molar refractivity (Wildman–Crippen MR) is 106 cm³/mol. The van der Waals surface area contributed by atoms with E-state index < -0.39 is 5.92 Å². The molecule has 0 fully saturated rings. The van der Waals surface area contributed by atoms with Crippen LogP contribution in [0.3, 0.4) is 0 Å². The van der Waals surface area contributed by atoms with E-state index >= 15 is 0 Å². The molecule has 0 bridgehead atoms. The summed E-state index contributed by atoms with van der Waals surface area (Å²) >= 11 is 0. The molecule has 0 unspecified atom stereocenters. The highest BCUT2D eigenvalue weighted by Crippen LogP contribution is 2.30. The third-order valence-electron chi connectivity index (χ3n) is 5.06. The van der Waals surface area contributed by atoms with Crippen molar-refractivity contribution in [3.63, 3.8) is 0 Å². The van der Waals surface area contributed by atoms with E-state index in [0.29, 0.717) is 25.3 Å². The number of hydrogen-bond donors (Lipinski definition) is 1. The lowest BCUT2D eigenvalue weighted by Gasteiger charge is -2.31. The van der Waals surface area contributed by atoms with Crippen LogP contribution >= 0.6 is 0 Å². The number of carbonyl (C=O) groups is 2. The van der Waals surface area contributed by atoms with Crippen LogP contribution in [-0.2, 0) is 36.1 Å². The van der Waals surface area contributed by atoms with Gasteiger partial charge in [0.1, 0.15) is 5.92 Å². The van der Waals surface area contributed by atoms with Crippen LogP contribution in [0.2, 0.25) is 0 Å². The third-order valence-corrected chi connectivity index (χ3v) is 5.06. The molecule has 0 saturated heterocycles. The molecule has 1 atom stereocenters. The Morgan fingerprint density at radius 3 is 2.39 bits per heavy atom. The fraction of sp³-hybridized carbons (Fsp3) is 0.227. The molecule has 1 N–H and O–H groups in total. The molecule has 0 saturated carbocycles. The maximum atomic E-state index is 13.2. The van der Waals surface area contributed by atoms with E-state index in [0.717, 1.165) is 16.8 Å². The fourth-order valence-corrected chi connectivity index (χ4v) is 3.51. The number of imidazole rings is 1. The molecule has 2 heterocycles. The van der Waals surface area contributed by atoms with Crippen LogP contribution in [0.1, 0.15) is 16.8 Å². The summed E-state index contributed by atoms with van der Waals surface area (Å²) in [6.45, 7) is 0.798. The van der Waals surface area contributed by atoms with Gasteiger partial charge in [-0.05, 0) is 11.1 Å². The Morgan fingerprint density at radius 1 is 1.07 bits per heavy atom. The molecule has 4 rings (SSSR count). The Kier molecular flexibility index (Phi) is 4.93. The largest absolute Gasteiger partial charge is 0.351 e. The number of nitrogens with one attached hydrogen (secondary N) is 1. The highest BCUT2D eigenvalue weighted by molar-refractivity contribution is 6.09. The van der Waals surface area contributed by atoms with Crippen LogP contribution < -0.4 is 10.2 Å². The molecule has 28 heavy (non-hydrogen) atoms. The number of nitrogens with zero attached hydrogens (tertiary/aromatic N) is 3. The van der Waals surface area contributed by atoms with Gasteiger partial charge in [0.15, 0.2) is 5.82 Å². The second-order valence-electron chi connectivity index (χ2n) is 7.00. The summed E-state index contributed by atoms with van der Waals surface area (Å²) in [6, 6.07) is 19.4. The van der Waals surface area contributed by atoms with Crippen molar-refractivity contribution in [3.05, 3.63) is 83.8 Å². The molecule has 142 valence electrons. The molecule has 0 radical (unpaired) electrons. The summed E-state index contributed by atoms with van der Waals surface area (Å²) in [4.78, 5) is 32.0. The van der Waals surface area contributed by atoms with Crippen molar-refractivity contribution in [1.29, 1.82) is 0 Å². The van der Waals surface area contributed by atoms with Gasteiger partial charge < -0.3 is 9.88 Å². The Bertz CT molecular complexity index is 982. The normalized spacial score (nSPS) is 16.0. The lowest BCUT2D eigenvalue weighted by atomic mass is 9.95. The van der Waals surface area contributed by atoms with Gasteiger partial charge in [-0.1, -0.05) is 60.7 Å². The number of aryl methyl sites for hydroxylation is 1. The first-order valence-corrected chi connectivity index (χ1v) is 9.30. The first-order valence-electron chi connectivity index (χ1n) is 9.30. The van der Waals surface area contributed by atoms with Gasteiger partial charge in [-0.25, -0.2) is 4.98 Å². The summed E-state index contributed by atoms with van der Waals surface area (Å²) in [5.41, 5.74) is 2.90. The topological polar surface area (TPSA) is 67.2 Å². The van der Waals surface area contributed by atoms with E-state index in [-0.39, 0.29) is 11.8 Å². The lowest BCUT2D eigenvalue weighted by Crippen LogP contribution is -2.48. The quantitative estimate of drug-likeness (QED) is 0.698. The van der Waals surface area contributed by atoms with E-state index in [9.17, 15) is 9.59 Å². The van der Waals surface area contributed by atoms with Crippen molar-refractivity contribution in [3.8, 4) is 0 Å². The van der Waals surface area contributed by atoms with Crippen molar-refractivity contribution in [2.75, 3.05) is 4.90 Å². The smallest absolute Gasteiger partial charge is 0.241 e. The lowest BCUT2D eigenvalue weighted by molar-refractivity contribution is -0.134. The first kappa shape index (κ1) is 18.0. The van der Waals surface area contributed by atoms with E-state index in [2.05, 4.69) is 10.3 Å². The first-order chi connectivity index (χ1) is 13.6. The standard InChI is InChI=1S/C22H22N4O2/c1-25-15-24-20-19(25)12-18(21(27)23-13-16-8-4-2-5-9-16)22(28)26(20)14-17-10-6-3-7-11-17/h2-11,15,18H,12-14H2,1H3,(H,23,27)/t18-/m0/s1. The zero-order chi connectivity index (χ0) is 19.5. The highest BCUT2D eigenvalue weighted by Gasteiger charge is 2.39. The molecule has 6 heteroatoms. The molecular weight excluding hydrogens is 352 g/mol. The molecular formula is C22H22N4O2. The van der Waals surface area contributed by atoms with Gasteiger partial charge in [-0.2, -0.15) is 0 Å². The maximum Gasteiger partial charge on any atom is 0.241 e. The number of fused-ring (bicyclic) bond motifs is 1.